The summed E-state index contributed by atoms with van der Waals surface area (Å²) in [7, 11) is 0. The van der Waals surface area contributed by atoms with Crippen molar-refractivity contribution in [2.24, 2.45) is 0 Å². The second-order valence-corrected chi connectivity index (χ2v) is 6.51. The van der Waals surface area contributed by atoms with E-state index in [0.29, 0.717) is 11.3 Å². The highest BCUT2D eigenvalue weighted by atomic mass is 16.6. The maximum atomic E-state index is 11.5. The topological polar surface area (TPSA) is 114 Å². The number of aliphatic hydroxyl groups is 1. The zero-order valence-electron chi connectivity index (χ0n) is 15.5. The Morgan fingerprint density at radius 2 is 1.81 bits per heavy atom. The number of benzene rings is 1. The summed E-state index contributed by atoms with van der Waals surface area (Å²) in [5.74, 6) is -0.705. The molecule has 0 fully saturated rings. The Hall–Kier alpha value is -2.32. The molecule has 1 amide bonds. The summed E-state index contributed by atoms with van der Waals surface area (Å²) >= 11 is 0. The molecule has 0 heterocycles. The lowest BCUT2D eigenvalue weighted by Crippen LogP contribution is -2.34. The molecule has 0 aliphatic carbocycles. The number of hydrogen-bond donors (Lipinski definition) is 3. The number of carboxylic acid groups (broad SMARTS) is 1. The van der Waals surface area contributed by atoms with Gasteiger partial charge in [0.2, 0.25) is 0 Å². The highest BCUT2D eigenvalue weighted by Gasteiger charge is 2.28. The summed E-state index contributed by atoms with van der Waals surface area (Å²) in [6.45, 7) is 7.67. The van der Waals surface area contributed by atoms with Gasteiger partial charge in [-0.2, -0.15) is 0 Å². The highest BCUT2D eigenvalue weighted by molar-refractivity contribution is 5.73. The van der Waals surface area contributed by atoms with E-state index in [1.54, 1.807) is 52.0 Å². The standard InChI is InChI=1S/C18H27NO7/c1-5-24-15(16(21)22)14(20)12-6-8-13(9-7-12)25-11-10-19-17(23)26-18(2,3)4/h6-9,14-15,20H,5,10-11H2,1-4H3,(H,19,23)(H,21,22). The number of carbonyl (C=O) groups is 2. The molecule has 146 valence electrons. The molecular formula is C18H27NO7. The molecule has 0 spiro atoms. The van der Waals surface area contributed by atoms with Crippen molar-refractivity contribution in [2.45, 2.75) is 45.5 Å². The number of rotatable bonds is 9. The van der Waals surface area contributed by atoms with Crippen molar-refractivity contribution < 1.29 is 34.0 Å². The molecule has 0 saturated heterocycles. The molecule has 0 radical (unpaired) electrons. The molecule has 1 aromatic carbocycles. The van der Waals surface area contributed by atoms with Gasteiger partial charge in [-0.15, -0.1) is 0 Å². The van der Waals surface area contributed by atoms with E-state index in [-0.39, 0.29) is 19.8 Å². The van der Waals surface area contributed by atoms with Gasteiger partial charge in [0.05, 0.1) is 6.54 Å². The maximum absolute atomic E-state index is 11.5. The summed E-state index contributed by atoms with van der Waals surface area (Å²) < 4.78 is 15.6. The third-order valence-corrected chi connectivity index (χ3v) is 3.14. The lowest BCUT2D eigenvalue weighted by atomic mass is 10.0. The first-order valence-electron chi connectivity index (χ1n) is 8.36. The third-order valence-electron chi connectivity index (χ3n) is 3.14. The summed E-state index contributed by atoms with van der Waals surface area (Å²) in [5.41, 5.74) is -0.151. The van der Waals surface area contributed by atoms with E-state index in [4.69, 9.17) is 19.3 Å². The quantitative estimate of drug-likeness (QED) is 0.571. The normalized spacial score (nSPS) is 13.6. The fourth-order valence-electron chi connectivity index (χ4n) is 2.05. The van der Waals surface area contributed by atoms with Crippen molar-refractivity contribution in [2.75, 3.05) is 19.8 Å². The number of carbonyl (C=O) groups excluding carboxylic acids is 1. The van der Waals surface area contributed by atoms with Crippen LogP contribution in [0.4, 0.5) is 4.79 Å². The average molecular weight is 369 g/mol. The van der Waals surface area contributed by atoms with Crippen molar-refractivity contribution in [3.63, 3.8) is 0 Å². The van der Waals surface area contributed by atoms with E-state index in [1.165, 1.54) is 0 Å². The molecule has 3 N–H and O–H groups in total. The minimum absolute atomic E-state index is 0.180. The highest BCUT2D eigenvalue weighted by Crippen LogP contribution is 2.22. The Morgan fingerprint density at radius 1 is 1.19 bits per heavy atom. The number of hydrogen-bond acceptors (Lipinski definition) is 6. The van der Waals surface area contributed by atoms with Crippen molar-refractivity contribution in [1.82, 2.24) is 5.32 Å². The fourth-order valence-corrected chi connectivity index (χ4v) is 2.05. The first kappa shape index (κ1) is 21.7. The van der Waals surface area contributed by atoms with Gasteiger partial charge in [0.1, 0.15) is 24.1 Å². The molecule has 1 rings (SSSR count). The number of nitrogens with one attached hydrogen (secondary N) is 1. The maximum Gasteiger partial charge on any atom is 0.407 e. The Morgan fingerprint density at radius 3 is 2.31 bits per heavy atom. The Bertz CT molecular complexity index is 580. The van der Waals surface area contributed by atoms with Crippen LogP contribution in [-0.4, -0.2) is 53.7 Å². The van der Waals surface area contributed by atoms with E-state index in [2.05, 4.69) is 5.32 Å². The number of amides is 1. The second kappa shape index (κ2) is 9.98. The van der Waals surface area contributed by atoms with Gasteiger partial charge >= 0.3 is 12.1 Å². The van der Waals surface area contributed by atoms with Crippen LogP contribution in [0.3, 0.4) is 0 Å². The van der Waals surface area contributed by atoms with E-state index >= 15 is 0 Å². The van der Waals surface area contributed by atoms with Crippen LogP contribution in [0.5, 0.6) is 5.75 Å². The number of ether oxygens (including phenoxy) is 3. The lowest BCUT2D eigenvalue weighted by molar-refractivity contribution is -0.158. The fraction of sp³-hybridized carbons (Fsp3) is 0.556. The molecule has 8 heteroatoms. The van der Waals surface area contributed by atoms with Crippen LogP contribution >= 0.6 is 0 Å². The lowest BCUT2D eigenvalue weighted by Gasteiger charge is -2.20. The molecule has 0 aliphatic rings. The second-order valence-electron chi connectivity index (χ2n) is 6.51. The van der Waals surface area contributed by atoms with Crippen molar-refractivity contribution in [3.8, 4) is 5.75 Å². The SMILES string of the molecule is CCOC(C(=O)O)C(O)c1ccc(OCCNC(=O)OC(C)(C)C)cc1. The van der Waals surface area contributed by atoms with Crippen LogP contribution in [0, 0.1) is 0 Å². The predicted octanol–water partition coefficient (Wildman–Crippen LogP) is 2.11. The molecule has 26 heavy (non-hydrogen) atoms. The molecule has 1 aromatic rings. The number of aliphatic carboxylic acids is 1. The predicted molar refractivity (Wildman–Crippen MR) is 94.2 cm³/mol. The zero-order valence-corrected chi connectivity index (χ0v) is 15.5. The van der Waals surface area contributed by atoms with Gasteiger partial charge in [-0.1, -0.05) is 12.1 Å². The van der Waals surface area contributed by atoms with Crippen molar-refractivity contribution >= 4 is 12.1 Å². The van der Waals surface area contributed by atoms with Gasteiger partial charge in [-0.25, -0.2) is 9.59 Å². The molecule has 2 atom stereocenters. The van der Waals surface area contributed by atoms with Gasteiger partial charge < -0.3 is 29.7 Å². The molecule has 0 saturated carbocycles. The number of aliphatic hydroxyl groups excluding tert-OH is 1. The van der Waals surface area contributed by atoms with Crippen LogP contribution < -0.4 is 10.1 Å². The van der Waals surface area contributed by atoms with Gasteiger partial charge in [-0.05, 0) is 45.4 Å². The average Bonchev–Trinajstić information content (AvgIpc) is 2.54. The van der Waals surface area contributed by atoms with Crippen LogP contribution in [-0.2, 0) is 14.3 Å². The van der Waals surface area contributed by atoms with Gasteiger partial charge in [0, 0.05) is 6.61 Å². The van der Waals surface area contributed by atoms with Crippen LogP contribution in [0.1, 0.15) is 39.4 Å². The number of alkyl carbamates (subject to hydrolysis) is 1. The van der Waals surface area contributed by atoms with Crippen LogP contribution in [0.2, 0.25) is 0 Å². The first-order valence-corrected chi connectivity index (χ1v) is 8.36. The Kier molecular flexibility index (Phi) is 8.34. The van der Waals surface area contributed by atoms with E-state index < -0.39 is 29.9 Å². The minimum Gasteiger partial charge on any atom is -0.492 e. The largest absolute Gasteiger partial charge is 0.492 e. The molecule has 0 aromatic heterocycles. The molecule has 2 unspecified atom stereocenters. The minimum atomic E-state index is -1.33. The summed E-state index contributed by atoms with van der Waals surface area (Å²) in [5, 5.41) is 21.8. The van der Waals surface area contributed by atoms with Gasteiger partial charge in [0.25, 0.3) is 0 Å². The van der Waals surface area contributed by atoms with E-state index in [0.717, 1.165) is 0 Å². The molecule has 8 nitrogen and oxygen atoms in total. The van der Waals surface area contributed by atoms with Gasteiger partial charge in [0.15, 0.2) is 6.10 Å². The van der Waals surface area contributed by atoms with Gasteiger partial charge in [-0.3, -0.25) is 0 Å². The van der Waals surface area contributed by atoms with E-state index in [9.17, 15) is 14.7 Å². The van der Waals surface area contributed by atoms with Crippen LogP contribution in [0.25, 0.3) is 0 Å². The number of carboxylic acids is 1. The van der Waals surface area contributed by atoms with Crippen LogP contribution in [0.15, 0.2) is 24.3 Å². The smallest absolute Gasteiger partial charge is 0.407 e. The van der Waals surface area contributed by atoms with Crippen molar-refractivity contribution in [1.29, 1.82) is 0 Å². The molecular weight excluding hydrogens is 342 g/mol. The third kappa shape index (κ3) is 7.71. The summed E-state index contributed by atoms with van der Waals surface area (Å²) in [6.07, 6.45) is -3.13. The van der Waals surface area contributed by atoms with Crippen molar-refractivity contribution in [3.05, 3.63) is 29.8 Å². The Balaban J connectivity index is 2.47. The molecule has 0 aliphatic heterocycles. The summed E-state index contributed by atoms with van der Waals surface area (Å²) in [6, 6.07) is 6.35. The Labute approximate surface area is 153 Å². The molecule has 0 bridgehead atoms. The van der Waals surface area contributed by atoms with E-state index in [1.807, 2.05) is 0 Å². The first-order chi connectivity index (χ1) is 12.1. The zero-order chi connectivity index (χ0) is 19.7. The summed E-state index contributed by atoms with van der Waals surface area (Å²) in [4.78, 5) is 22.6. The monoisotopic (exact) mass is 369 g/mol.